The Bertz CT molecular complexity index is 2330. The summed E-state index contributed by atoms with van der Waals surface area (Å²) in [6.45, 7) is 0. The number of carbonyl (C=O) groups excluding carboxylic acids is 5. The van der Waals surface area contributed by atoms with Crippen LogP contribution in [0, 0.1) is 0 Å². The molecule has 4 N–H and O–H groups in total. The molecular formula is C35H26N4O11S2. The summed E-state index contributed by atoms with van der Waals surface area (Å²) >= 11 is 0. The molecule has 0 spiro atoms. The predicted molar refractivity (Wildman–Crippen MR) is 189 cm³/mol. The molecule has 15 nitrogen and oxygen atoms in total. The van der Waals surface area contributed by atoms with Gasteiger partial charge in [0.2, 0.25) is 0 Å². The molecule has 0 bridgehead atoms. The van der Waals surface area contributed by atoms with Gasteiger partial charge in [0.15, 0.2) is 0 Å². The Morgan fingerprint density at radius 1 is 0.615 bits per heavy atom. The number of rotatable bonds is 6. The highest BCUT2D eigenvalue weighted by Gasteiger charge is 2.29. The number of urea groups is 1. The zero-order valence-corrected chi connectivity index (χ0v) is 28.3. The number of hydrogen-bond acceptors (Lipinski definition) is 9. The molecule has 0 unspecified atom stereocenters. The van der Waals surface area contributed by atoms with Crippen molar-refractivity contribution in [1.29, 1.82) is 0 Å². The average Bonchev–Trinajstić information content (AvgIpc) is 3.07. The van der Waals surface area contributed by atoms with E-state index in [1.54, 1.807) is 0 Å². The van der Waals surface area contributed by atoms with Gasteiger partial charge in [-0.1, -0.05) is 24.3 Å². The van der Waals surface area contributed by atoms with Crippen molar-refractivity contribution in [2.24, 2.45) is 9.98 Å². The molecule has 52 heavy (non-hydrogen) atoms. The Labute approximate surface area is 296 Å². The quantitative estimate of drug-likeness (QED) is 0.300. The van der Waals surface area contributed by atoms with Crippen LogP contribution in [0.2, 0.25) is 0 Å². The van der Waals surface area contributed by atoms with Gasteiger partial charge in [-0.25, -0.2) is 14.8 Å². The van der Waals surface area contributed by atoms with Crippen molar-refractivity contribution in [3.63, 3.8) is 0 Å². The first kappa shape index (κ1) is 35.8. The van der Waals surface area contributed by atoms with Gasteiger partial charge in [-0.15, -0.1) is 0 Å². The molecule has 0 saturated heterocycles. The molecule has 4 aliphatic rings. The van der Waals surface area contributed by atoms with Crippen LogP contribution in [0.25, 0.3) is 0 Å². The number of benzene rings is 2. The summed E-state index contributed by atoms with van der Waals surface area (Å²) in [5.74, 6) is -1.95. The summed E-state index contributed by atoms with van der Waals surface area (Å²) < 4.78 is 66.5. The smallest absolute Gasteiger partial charge is 0.308 e. The van der Waals surface area contributed by atoms with Gasteiger partial charge in [0.05, 0.1) is 21.2 Å². The average molecular weight is 743 g/mol. The second kappa shape index (κ2) is 14.0. The zero-order valence-electron chi connectivity index (χ0n) is 26.7. The van der Waals surface area contributed by atoms with Crippen LogP contribution in [0.15, 0.2) is 127 Å². The molecule has 0 atom stereocenters. The van der Waals surface area contributed by atoms with E-state index in [0.29, 0.717) is 22.3 Å². The lowest BCUT2D eigenvalue weighted by Gasteiger charge is -2.21. The minimum Gasteiger partial charge on any atom is -0.308 e. The van der Waals surface area contributed by atoms with Gasteiger partial charge in [-0.3, -0.25) is 28.3 Å². The first-order valence-electron chi connectivity index (χ1n) is 15.3. The van der Waals surface area contributed by atoms with Crippen molar-refractivity contribution >= 4 is 72.4 Å². The number of ketones is 2. The number of amides is 4. The number of hydrogen-bond donors (Lipinski definition) is 4. The largest absolute Gasteiger partial charge is 0.323 e. The molecule has 2 aromatic rings. The van der Waals surface area contributed by atoms with Crippen LogP contribution in [0.5, 0.6) is 0 Å². The highest BCUT2D eigenvalue weighted by Crippen LogP contribution is 2.32. The normalized spacial score (nSPS) is 18.9. The molecule has 0 saturated carbocycles. The second-order valence-electron chi connectivity index (χ2n) is 11.8. The van der Waals surface area contributed by atoms with Crippen LogP contribution in [-0.4, -0.2) is 66.8 Å². The van der Waals surface area contributed by atoms with Crippen molar-refractivity contribution in [3.05, 3.63) is 128 Å². The Balaban J connectivity index is 1.17. The molecule has 0 aliphatic heterocycles. The van der Waals surface area contributed by atoms with E-state index < -0.39 is 47.9 Å². The van der Waals surface area contributed by atoms with Crippen molar-refractivity contribution in [1.82, 2.24) is 0 Å². The first-order chi connectivity index (χ1) is 24.5. The fourth-order valence-corrected chi connectivity index (χ4v) is 6.79. The van der Waals surface area contributed by atoms with Gasteiger partial charge in [0.25, 0.3) is 32.1 Å². The van der Waals surface area contributed by atoms with Crippen molar-refractivity contribution < 1.29 is 49.9 Å². The van der Waals surface area contributed by atoms with Crippen molar-refractivity contribution in [2.45, 2.75) is 25.7 Å². The summed E-state index contributed by atoms with van der Waals surface area (Å²) in [5.41, 5.74) is 1.65. The van der Waals surface area contributed by atoms with Crippen molar-refractivity contribution in [2.75, 3.05) is 10.6 Å². The molecule has 0 heterocycles. The molecule has 6 rings (SSSR count). The second-order valence-corrected chi connectivity index (χ2v) is 14.6. The fraction of sp³-hybridized carbons (Fsp3) is 0.114. The highest BCUT2D eigenvalue weighted by atomic mass is 32.2. The summed E-state index contributed by atoms with van der Waals surface area (Å²) in [6, 6.07) is 10.6. The van der Waals surface area contributed by atoms with Gasteiger partial charge in [-0.05, 0) is 71.8 Å². The lowest BCUT2D eigenvalue weighted by molar-refractivity contribution is -0.118. The lowest BCUT2D eigenvalue weighted by atomic mass is 9.86. The number of anilines is 2. The van der Waals surface area contributed by atoms with Gasteiger partial charge in [0.1, 0.15) is 11.6 Å². The van der Waals surface area contributed by atoms with E-state index in [0.717, 1.165) is 24.3 Å². The van der Waals surface area contributed by atoms with Crippen LogP contribution >= 0.6 is 0 Å². The number of Topliss-reactive ketones (excluding diaryl/α,β-unsaturated/α-hetero) is 2. The SMILES string of the molecule is O=C1CC=C2C(=CC(S(=O)(=O)O)=CC2=NC(=O)c2cccc(NC(=O)Nc3cccc(C(=O)N=C4C=C(S(=O)(=O)O)C=C5CC(=O)CC=C54)c3)c2)C1. The standard InChI is InChI=1S/C35H26N4O11S2/c40-25-7-9-29-21(13-25)15-27(51(45,46)47)17-31(29)38-33(42)19-3-1-5-23(11-19)36-35(44)37-24-6-2-4-20(12-24)34(43)39-32-18-28(52(48,49)50)16-22-14-26(41)8-10-30(22)32/h1-6,9-12,15-18H,7-8,13-14H2,(H2,36,37,44)(H,45,46,47)(H,48,49,50). The molecule has 17 heteroatoms. The monoisotopic (exact) mass is 742 g/mol. The molecule has 264 valence electrons. The number of aliphatic imine (C=N–C) groups is 2. The van der Waals surface area contributed by atoms with Gasteiger partial charge in [-0.2, -0.15) is 16.8 Å². The van der Waals surface area contributed by atoms with Gasteiger partial charge >= 0.3 is 6.03 Å². The van der Waals surface area contributed by atoms with E-state index in [-0.39, 0.29) is 71.2 Å². The minimum absolute atomic E-state index is 0.0202. The molecule has 2 aromatic carbocycles. The highest BCUT2D eigenvalue weighted by molar-refractivity contribution is 7.90. The molecule has 0 fully saturated rings. The number of fused-ring (bicyclic) bond motifs is 2. The third kappa shape index (κ3) is 8.13. The molecule has 4 aliphatic carbocycles. The Morgan fingerprint density at radius 3 is 1.40 bits per heavy atom. The Hall–Kier alpha value is -6.01. The van der Waals surface area contributed by atoms with Crippen LogP contribution < -0.4 is 10.6 Å². The maximum atomic E-state index is 13.2. The summed E-state index contributed by atoms with van der Waals surface area (Å²) in [7, 11) is -9.34. The van der Waals surface area contributed by atoms with E-state index in [9.17, 15) is 49.9 Å². The third-order valence-corrected chi connectivity index (χ3v) is 9.72. The number of carbonyl (C=O) groups is 5. The number of nitrogens with zero attached hydrogens (tertiary/aromatic N) is 2. The van der Waals surface area contributed by atoms with E-state index in [1.807, 2.05) is 0 Å². The maximum absolute atomic E-state index is 13.2. The van der Waals surface area contributed by atoms with Crippen LogP contribution in [0.1, 0.15) is 46.4 Å². The number of nitrogens with one attached hydrogen (secondary N) is 2. The van der Waals surface area contributed by atoms with E-state index in [1.165, 1.54) is 60.7 Å². The van der Waals surface area contributed by atoms with Crippen LogP contribution in [0.3, 0.4) is 0 Å². The number of allylic oxidation sites excluding steroid dienone is 10. The summed E-state index contributed by atoms with van der Waals surface area (Å²) in [5, 5.41) is 5.12. The molecular weight excluding hydrogens is 717 g/mol. The fourth-order valence-electron chi connectivity index (χ4n) is 5.69. The van der Waals surface area contributed by atoms with Gasteiger partial charge < -0.3 is 10.6 Å². The third-order valence-electron chi connectivity index (χ3n) is 8.05. The van der Waals surface area contributed by atoms with Crippen LogP contribution in [-0.2, 0) is 29.8 Å². The summed E-state index contributed by atoms with van der Waals surface area (Å²) in [4.78, 5) is 70.2. The zero-order chi connectivity index (χ0) is 37.4. The lowest BCUT2D eigenvalue weighted by Crippen LogP contribution is -2.20. The molecule has 4 amide bonds. The first-order valence-corrected chi connectivity index (χ1v) is 18.2. The van der Waals surface area contributed by atoms with E-state index in [4.69, 9.17) is 0 Å². The van der Waals surface area contributed by atoms with E-state index in [2.05, 4.69) is 20.6 Å². The molecule has 0 aromatic heterocycles. The summed E-state index contributed by atoms with van der Waals surface area (Å²) in [6.07, 6.45) is 7.36. The van der Waals surface area contributed by atoms with Crippen molar-refractivity contribution in [3.8, 4) is 0 Å². The van der Waals surface area contributed by atoms with E-state index >= 15 is 0 Å². The topological polar surface area (TPSA) is 243 Å². The minimum atomic E-state index is -4.67. The maximum Gasteiger partial charge on any atom is 0.323 e. The Morgan fingerprint density at radius 2 is 1.02 bits per heavy atom. The Kier molecular flexibility index (Phi) is 9.61. The van der Waals surface area contributed by atoms with Gasteiger partial charge in [0, 0.05) is 59.3 Å². The predicted octanol–water partition coefficient (Wildman–Crippen LogP) is 4.50. The molecule has 0 radical (unpaired) electrons. The van der Waals surface area contributed by atoms with Crippen LogP contribution in [0.4, 0.5) is 16.2 Å².